The van der Waals surface area contributed by atoms with Crippen molar-refractivity contribution in [3.8, 4) is 0 Å². The third-order valence-electron chi connectivity index (χ3n) is 2.00. The predicted molar refractivity (Wildman–Crippen MR) is 58.9 cm³/mol. The standard InChI is InChI=1S/C11H14N2O2/c1-9-3-5-10(6-4-9)12-11(15)13(2)7-8-14/h3-6,8H,7H2,1-2H3,(H,12,15). The molecule has 0 heterocycles. The van der Waals surface area contributed by atoms with Crippen LogP contribution in [0.2, 0.25) is 0 Å². The van der Waals surface area contributed by atoms with Crippen molar-refractivity contribution in [3.63, 3.8) is 0 Å². The van der Waals surface area contributed by atoms with Crippen LogP contribution in [0.5, 0.6) is 0 Å². The molecule has 4 heteroatoms. The smallest absolute Gasteiger partial charge is 0.321 e. The molecule has 0 atom stereocenters. The predicted octanol–water partition coefficient (Wildman–Crippen LogP) is 1.66. The number of carbonyl (C=O) groups is 2. The Balaban J connectivity index is 2.58. The number of urea groups is 1. The first-order valence-corrected chi connectivity index (χ1v) is 4.66. The van der Waals surface area contributed by atoms with Crippen LogP contribution < -0.4 is 5.32 Å². The van der Waals surface area contributed by atoms with Crippen LogP contribution in [0.4, 0.5) is 10.5 Å². The van der Waals surface area contributed by atoms with E-state index in [1.165, 1.54) is 4.90 Å². The van der Waals surface area contributed by atoms with Crippen LogP contribution >= 0.6 is 0 Å². The van der Waals surface area contributed by atoms with Crippen LogP contribution in [0.1, 0.15) is 5.56 Å². The van der Waals surface area contributed by atoms with Gasteiger partial charge in [-0.1, -0.05) is 17.7 Å². The van der Waals surface area contributed by atoms with E-state index in [2.05, 4.69) is 5.32 Å². The lowest BCUT2D eigenvalue weighted by molar-refractivity contribution is -0.108. The first-order valence-electron chi connectivity index (χ1n) is 4.66. The molecule has 0 saturated carbocycles. The van der Waals surface area contributed by atoms with Crippen molar-refractivity contribution < 1.29 is 9.59 Å². The molecule has 1 N–H and O–H groups in total. The SMILES string of the molecule is Cc1ccc(NC(=O)N(C)CC=O)cc1. The third kappa shape index (κ3) is 3.42. The van der Waals surface area contributed by atoms with E-state index in [1.807, 2.05) is 31.2 Å². The Morgan fingerprint density at radius 3 is 2.53 bits per heavy atom. The Hall–Kier alpha value is -1.84. The summed E-state index contributed by atoms with van der Waals surface area (Å²) in [5, 5.41) is 2.68. The van der Waals surface area contributed by atoms with Gasteiger partial charge in [-0.25, -0.2) is 4.79 Å². The highest BCUT2D eigenvalue weighted by atomic mass is 16.2. The summed E-state index contributed by atoms with van der Waals surface area (Å²) in [6.45, 7) is 2.07. The fourth-order valence-corrected chi connectivity index (χ4v) is 1.05. The number of aldehydes is 1. The summed E-state index contributed by atoms with van der Waals surface area (Å²) in [4.78, 5) is 23.0. The number of hydrogen-bond donors (Lipinski definition) is 1. The van der Waals surface area contributed by atoms with Crippen molar-refractivity contribution >= 4 is 18.0 Å². The monoisotopic (exact) mass is 206 g/mol. The third-order valence-corrected chi connectivity index (χ3v) is 2.00. The molecule has 1 rings (SSSR count). The molecule has 1 aromatic rings. The number of rotatable bonds is 3. The van der Waals surface area contributed by atoms with Gasteiger partial charge < -0.3 is 15.0 Å². The van der Waals surface area contributed by atoms with Crippen molar-refractivity contribution in [2.24, 2.45) is 0 Å². The molecule has 0 fully saturated rings. The van der Waals surface area contributed by atoms with Gasteiger partial charge in [-0.2, -0.15) is 0 Å². The van der Waals surface area contributed by atoms with Crippen LogP contribution in [0.15, 0.2) is 24.3 Å². The lowest BCUT2D eigenvalue weighted by Crippen LogP contribution is -2.32. The Labute approximate surface area is 88.9 Å². The van der Waals surface area contributed by atoms with Crippen molar-refractivity contribution in [2.75, 3.05) is 18.9 Å². The van der Waals surface area contributed by atoms with Gasteiger partial charge in [0.15, 0.2) is 0 Å². The van der Waals surface area contributed by atoms with Gasteiger partial charge in [0, 0.05) is 12.7 Å². The fourth-order valence-electron chi connectivity index (χ4n) is 1.05. The van der Waals surface area contributed by atoms with E-state index < -0.39 is 0 Å². The van der Waals surface area contributed by atoms with Gasteiger partial charge in [0.05, 0.1) is 6.54 Å². The van der Waals surface area contributed by atoms with E-state index in [1.54, 1.807) is 7.05 Å². The van der Waals surface area contributed by atoms with E-state index in [9.17, 15) is 9.59 Å². The molecule has 0 aliphatic heterocycles. The highest BCUT2D eigenvalue weighted by Crippen LogP contribution is 2.08. The fraction of sp³-hybridized carbons (Fsp3) is 0.273. The van der Waals surface area contributed by atoms with Gasteiger partial charge in [-0.05, 0) is 19.1 Å². The molecule has 1 aromatic carbocycles. The summed E-state index contributed by atoms with van der Waals surface area (Å²) >= 11 is 0. The second-order valence-electron chi connectivity index (χ2n) is 3.34. The maximum Gasteiger partial charge on any atom is 0.321 e. The number of nitrogens with one attached hydrogen (secondary N) is 1. The highest BCUT2D eigenvalue weighted by molar-refractivity contribution is 5.90. The minimum atomic E-state index is -0.286. The van der Waals surface area contributed by atoms with Crippen molar-refractivity contribution in [2.45, 2.75) is 6.92 Å². The number of hydrogen-bond acceptors (Lipinski definition) is 2. The first kappa shape index (κ1) is 11.2. The lowest BCUT2D eigenvalue weighted by Gasteiger charge is -2.14. The minimum absolute atomic E-state index is 0.0949. The number of anilines is 1. The van der Waals surface area contributed by atoms with E-state index in [4.69, 9.17) is 0 Å². The van der Waals surface area contributed by atoms with Gasteiger partial charge in [-0.15, -0.1) is 0 Å². The number of aryl methyl sites for hydroxylation is 1. The topological polar surface area (TPSA) is 49.4 Å². The van der Waals surface area contributed by atoms with Gasteiger partial charge in [0.1, 0.15) is 6.29 Å². The van der Waals surface area contributed by atoms with Gasteiger partial charge >= 0.3 is 6.03 Å². The molecule has 15 heavy (non-hydrogen) atoms. The average molecular weight is 206 g/mol. The first-order chi connectivity index (χ1) is 7.13. The van der Waals surface area contributed by atoms with Gasteiger partial charge in [0.2, 0.25) is 0 Å². The molecular formula is C11H14N2O2. The zero-order chi connectivity index (χ0) is 11.3. The maximum absolute atomic E-state index is 11.4. The van der Waals surface area contributed by atoms with Crippen LogP contribution in [0.25, 0.3) is 0 Å². The summed E-state index contributed by atoms with van der Waals surface area (Å²) in [5.41, 5.74) is 1.86. The van der Waals surface area contributed by atoms with Gasteiger partial charge in [-0.3, -0.25) is 0 Å². The molecule has 2 amide bonds. The number of carbonyl (C=O) groups excluding carboxylic acids is 2. The minimum Gasteiger partial charge on any atom is -0.321 e. The Morgan fingerprint density at radius 1 is 1.40 bits per heavy atom. The molecule has 0 unspecified atom stereocenters. The number of nitrogens with zero attached hydrogens (tertiary/aromatic N) is 1. The zero-order valence-electron chi connectivity index (χ0n) is 8.86. The van der Waals surface area contributed by atoms with Crippen LogP contribution in [0, 0.1) is 6.92 Å². The molecule has 0 aromatic heterocycles. The molecular weight excluding hydrogens is 192 g/mol. The largest absolute Gasteiger partial charge is 0.321 e. The van der Waals surface area contributed by atoms with Crippen molar-refractivity contribution in [1.29, 1.82) is 0 Å². The lowest BCUT2D eigenvalue weighted by atomic mass is 10.2. The van der Waals surface area contributed by atoms with Crippen LogP contribution in [0.3, 0.4) is 0 Å². The molecule has 0 bridgehead atoms. The molecule has 0 radical (unpaired) electrons. The quantitative estimate of drug-likeness (QED) is 0.764. The van der Waals surface area contributed by atoms with Crippen molar-refractivity contribution in [3.05, 3.63) is 29.8 Å². The summed E-state index contributed by atoms with van der Waals surface area (Å²) in [6, 6.07) is 7.18. The number of likely N-dealkylation sites (N-methyl/N-ethyl adjacent to an activating group) is 1. The molecule has 0 aliphatic rings. The maximum atomic E-state index is 11.4. The molecule has 4 nitrogen and oxygen atoms in total. The van der Waals surface area contributed by atoms with E-state index in [0.717, 1.165) is 11.3 Å². The Bertz CT molecular complexity index is 346. The summed E-state index contributed by atoms with van der Waals surface area (Å²) in [7, 11) is 1.57. The highest BCUT2D eigenvalue weighted by Gasteiger charge is 2.06. The number of benzene rings is 1. The Morgan fingerprint density at radius 2 is 2.00 bits per heavy atom. The summed E-state index contributed by atoms with van der Waals surface area (Å²) in [5.74, 6) is 0. The molecule has 0 spiro atoms. The van der Waals surface area contributed by atoms with Crippen molar-refractivity contribution in [1.82, 2.24) is 4.90 Å². The summed E-state index contributed by atoms with van der Waals surface area (Å²) < 4.78 is 0. The second-order valence-corrected chi connectivity index (χ2v) is 3.34. The normalized spacial score (nSPS) is 9.47. The molecule has 0 saturated heterocycles. The second kappa shape index (κ2) is 5.14. The van der Waals surface area contributed by atoms with E-state index >= 15 is 0 Å². The summed E-state index contributed by atoms with van der Waals surface area (Å²) in [6.07, 6.45) is 0.689. The molecule has 80 valence electrons. The van der Waals surface area contributed by atoms with E-state index in [-0.39, 0.29) is 12.6 Å². The van der Waals surface area contributed by atoms with E-state index in [0.29, 0.717) is 6.29 Å². The van der Waals surface area contributed by atoms with Crippen LogP contribution in [-0.2, 0) is 4.79 Å². The number of amides is 2. The van der Waals surface area contributed by atoms with Crippen LogP contribution in [-0.4, -0.2) is 30.8 Å². The Kier molecular flexibility index (Phi) is 3.85. The zero-order valence-corrected chi connectivity index (χ0v) is 8.86. The average Bonchev–Trinajstić information content (AvgIpc) is 2.22. The molecule has 0 aliphatic carbocycles. The van der Waals surface area contributed by atoms with Gasteiger partial charge in [0.25, 0.3) is 0 Å².